The van der Waals surface area contributed by atoms with Gasteiger partial charge in [0, 0.05) is 30.6 Å². The van der Waals surface area contributed by atoms with Crippen LogP contribution in [0.3, 0.4) is 0 Å². The molecule has 170 valence electrons. The molecule has 4 rings (SSSR count). The standard InChI is InChI=1S/C25H30N2O4S/c1-17-16-21-19(3)22(25(28)27-14-8-5-9-15-27)31-23(21)24(18(17)2)32(29,30)26-13-12-20-10-6-4-7-11-20/h4,6-7,10-11,16,26H,5,8-9,12-15H2,1-3H3. The van der Waals surface area contributed by atoms with Gasteiger partial charge in [0.1, 0.15) is 4.90 Å². The molecule has 1 fully saturated rings. The molecule has 1 saturated heterocycles. The van der Waals surface area contributed by atoms with E-state index in [9.17, 15) is 13.2 Å². The van der Waals surface area contributed by atoms with Crippen molar-refractivity contribution in [3.05, 3.63) is 64.4 Å². The van der Waals surface area contributed by atoms with Crippen LogP contribution in [0.15, 0.2) is 45.7 Å². The van der Waals surface area contributed by atoms with Gasteiger partial charge in [0.2, 0.25) is 10.0 Å². The van der Waals surface area contributed by atoms with Crippen molar-refractivity contribution in [2.45, 2.75) is 51.3 Å². The van der Waals surface area contributed by atoms with E-state index >= 15 is 0 Å². The third-order valence-corrected chi connectivity index (χ3v) is 7.96. The third-order valence-electron chi connectivity index (χ3n) is 6.35. The zero-order valence-corrected chi connectivity index (χ0v) is 19.7. The third kappa shape index (κ3) is 4.32. The van der Waals surface area contributed by atoms with Crippen molar-refractivity contribution in [2.24, 2.45) is 0 Å². The highest BCUT2D eigenvalue weighted by Gasteiger charge is 2.30. The summed E-state index contributed by atoms with van der Waals surface area (Å²) in [6, 6.07) is 11.7. The molecule has 0 radical (unpaired) electrons. The van der Waals surface area contributed by atoms with Crippen molar-refractivity contribution in [2.75, 3.05) is 19.6 Å². The van der Waals surface area contributed by atoms with Gasteiger partial charge in [0.25, 0.3) is 5.91 Å². The molecule has 0 bridgehead atoms. The van der Waals surface area contributed by atoms with Crippen molar-refractivity contribution < 1.29 is 17.6 Å². The molecule has 7 heteroatoms. The highest BCUT2D eigenvalue weighted by molar-refractivity contribution is 7.89. The number of fused-ring (bicyclic) bond motifs is 1. The van der Waals surface area contributed by atoms with Gasteiger partial charge in [-0.2, -0.15) is 0 Å². The summed E-state index contributed by atoms with van der Waals surface area (Å²) < 4.78 is 35.4. The largest absolute Gasteiger partial charge is 0.449 e. The summed E-state index contributed by atoms with van der Waals surface area (Å²) in [5, 5.41) is 0.678. The molecule has 0 saturated carbocycles. The Hall–Kier alpha value is -2.64. The topological polar surface area (TPSA) is 79.6 Å². The molecule has 32 heavy (non-hydrogen) atoms. The van der Waals surface area contributed by atoms with Crippen molar-refractivity contribution in [3.63, 3.8) is 0 Å². The molecule has 0 unspecified atom stereocenters. The molecular formula is C25H30N2O4S. The summed E-state index contributed by atoms with van der Waals surface area (Å²) >= 11 is 0. The van der Waals surface area contributed by atoms with E-state index in [1.165, 1.54) is 0 Å². The minimum absolute atomic E-state index is 0.126. The number of rotatable bonds is 6. The van der Waals surface area contributed by atoms with Crippen molar-refractivity contribution in [3.8, 4) is 0 Å². The lowest BCUT2D eigenvalue weighted by molar-refractivity contribution is 0.0693. The number of likely N-dealkylation sites (tertiary alicyclic amines) is 1. The fourth-order valence-corrected chi connectivity index (χ4v) is 5.83. The monoisotopic (exact) mass is 454 g/mol. The summed E-state index contributed by atoms with van der Waals surface area (Å²) in [5.74, 6) is 0.0849. The molecule has 6 nitrogen and oxygen atoms in total. The number of benzene rings is 2. The van der Waals surface area contributed by atoms with E-state index in [1.807, 2.05) is 50.2 Å². The second kappa shape index (κ2) is 9.08. The first kappa shape index (κ1) is 22.6. The van der Waals surface area contributed by atoms with E-state index in [-0.39, 0.29) is 28.7 Å². The van der Waals surface area contributed by atoms with Crippen molar-refractivity contribution in [1.29, 1.82) is 0 Å². The number of carbonyl (C=O) groups excluding carboxylic acids is 1. The van der Waals surface area contributed by atoms with Gasteiger partial charge in [-0.1, -0.05) is 30.3 Å². The highest BCUT2D eigenvalue weighted by Crippen LogP contribution is 2.35. The maximum atomic E-state index is 13.3. The first-order chi connectivity index (χ1) is 15.3. The van der Waals surface area contributed by atoms with Gasteiger partial charge < -0.3 is 9.32 Å². The normalized spacial score (nSPS) is 14.8. The van der Waals surface area contributed by atoms with E-state index in [1.54, 1.807) is 11.8 Å². The Kier molecular flexibility index (Phi) is 6.40. The number of carbonyl (C=O) groups is 1. The van der Waals surface area contributed by atoms with Gasteiger partial charge in [-0.3, -0.25) is 4.79 Å². The number of sulfonamides is 1. The Bertz CT molecular complexity index is 1240. The molecule has 3 aromatic rings. The Balaban J connectivity index is 1.70. The maximum absolute atomic E-state index is 13.3. The van der Waals surface area contributed by atoms with E-state index in [0.29, 0.717) is 36.0 Å². The van der Waals surface area contributed by atoms with Crippen LogP contribution >= 0.6 is 0 Å². The predicted octanol–water partition coefficient (Wildman–Crippen LogP) is 4.51. The van der Waals surface area contributed by atoms with Gasteiger partial charge in [-0.25, -0.2) is 13.1 Å². The van der Waals surface area contributed by atoms with Gasteiger partial charge in [-0.05, 0) is 69.2 Å². The fourth-order valence-electron chi connectivity index (χ4n) is 4.36. The van der Waals surface area contributed by atoms with Gasteiger partial charge in [-0.15, -0.1) is 0 Å². The number of furan rings is 1. The summed E-state index contributed by atoms with van der Waals surface area (Å²) in [4.78, 5) is 15.0. The number of hydrogen-bond donors (Lipinski definition) is 1. The average molecular weight is 455 g/mol. The Morgan fingerprint density at radius 1 is 1.03 bits per heavy atom. The number of hydrogen-bond acceptors (Lipinski definition) is 4. The first-order valence-corrected chi connectivity index (χ1v) is 12.6. The molecular weight excluding hydrogens is 424 g/mol. The number of aryl methyl sites for hydroxylation is 2. The van der Waals surface area contributed by atoms with Gasteiger partial charge in [0.05, 0.1) is 0 Å². The van der Waals surface area contributed by atoms with Crippen molar-refractivity contribution >= 4 is 26.9 Å². The maximum Gasteiger partial charge on any atom is 0.289 e. The van der Waals surface area contributed by atoms with E-state index < -0.39 is 10.0 Å². The van der Waals surface area contributed by atoms with Crippen LogP contribution < -0.4 is 4.72 Å². The summed E-state index contributed by atoms with van der Waals surface area (Å²) in [7, 11) is -3.83. The molecule has 1 aliphatic rings. The van der Waals surface area contributed by atoms with E-state index in [0.717, 1.165) is 30.4 Å². The minimum Gasteiger partial charge on any atom is -0.449 e. The number of nitrogens with one attached hydrogen (secondary N) is 1. The zero-order valence-electron chi connectivity index (χ0n) is 18.9. The summed E-state index contributed by atoms with van der Waals surface area (Å²) in [6.07, 6.45) is 3.67. The average Bonchev–Trinajstić information content (AvgIpc) is 3.10. The molecule has 0 spiro atoms. The van der Waals surface area contributed by atoms with Crippen LogP contribution in [0.25, 0.3) is 11.0 Å². The molecule has 1 aromatic heterocycles. The molecule has 1 aliphatic heterocycles. The number of piperidine rings is 1. The SMILES string of the molecule is Cc1cc2c(C)c(C(=O)N3CCCCC3)oc2c(S(=O)(=O)NCCc2ccccc2)c1C. The molecule has 1 N–H and O–H groups in total. The second-order valence-corrected chi connectivity index (χ2v) is 10.3. The molecule has 2 aromatic carbocycles. The lowest BCUT2D eigenvalue weighted by Crippen LogP contribution is -2.35. The molecule has 0 atom stereocenters. The van der Waals surface area contributed by atoms with E-state index in [2.05, 4.69) is 4.72 Å². The Morgan fingerprint density at radius 2 is 1.72 bits per heavy atom. The van der Waals surface area contributed by atoms with Crippen LogP contribution in [0.4, 0.5) is 0 Å². The Morgan fingerprint density at radius 3 is 2.41 bits per heavy atom. The van der Waals surface area contributed by atoms with Crippen LogP contribution in [0.5, 0.6) is 0 Å². The smallest absolute Gasteiger partial charge is 0.289 e. The Labute approximate surface area is 189 Å². The predicted molar refractivity (Wildman–Crippen MR) is 126 cm³/mol. The van der Waals surface area contributed by atoms with Crippen molar-refractivity contribution in [1.82, 2.24) is 9.62 Å². The molecule has 1 amide bonds. The highest BCUT2D eigenvalue weighted by atomic mass is 32.2. The van der Waals surface area contributed by atoms with Gasteiger partial charge in [0.15, 0.2) is 11.3 Å². The van der Waals surface area contributed by atoms with Crippen LogP contribution in [-0.2, 0) is 16.4 Å². The van der Waals surface area contributed by atoms with E-state index in [4.69, 9.17) is 4.42 Å². The lowest BCUT2D eigenvalue weighted by Gasteiger charge is -2.25. The number of amides is 1. The van der Waals surface area contributed by atoms with Crippen LogP contribution in [-0.4, -0.2) is 38.9 Å². The van der Waals surface area contributed by atoms with Crippen LogP contribution in [0.2, 0.25) is 0 Å². The molecule has 0 aliphatic carbocycles. The fraction of sp³-hybridized carbons (Fsp3) is 0.400. The summed E-state index contributed by atoms with van der Waals surface area (Å²) in [6.45, 7) is 7.19. The second-order valence-electron chi connectivity index (χ2n) is 8.57. The first-order valence-electron chi connectivity index (χ1n) is 11.2. The quantitative estimate of drug-likeness (QED) is 0.595. The minimum atomic E-state index is -3.83. The number of nitrogens with zero attached hydrogens (tertiary/aromatic N) is 1. The van der Waals surface area contributed by atoms with Crippen LogP contribution in [0.1, 0.15) is 52.1 Å². The van der Waals surface area contributed by atoms with Crippen LogP contribution in [0, 0.1) is 20.8 Å². The zero-order chi connectivity index (χ0) is 22.9. The lowest BCUT2D eigenvalue weighted by atomic mass is 10.0. The summed E-state index contributed by atoms with van der Waals surface area (Å²) in [5.41, 5.74) is 3.50. The van der Waals surface area contributed by atoms with Gasteiger partial charge >= 0.3 is 0 Å². The molecule has 2 heterocycles.